The molecule has 0 rings (SSSR count). The van der Waals surface area contributed by atoms with E-state index in [-0.39, 0.29) is 0 Å². The Balaban J connectivity index is 3.11. The predicted octanol–water partition coefficient (Wildman–Crippen LogP) is 2.49. The van der Waals surface area contributed by atoms with Crippen molar-refractivity contribution in [3.05, 3.63) is 24.3 Å². The Kier molecular flexibility index (Phi) is 7.46. The van der Waals surface area contributed by atoms with E-state index in [2.05, 4.69) is 12.2 Å². The van der Waals surface area contributed by atoms with Crippen molar-refractivity contribution in [3.63, 3.8) is 0 Å². The van der Waals surface area contributed by atoms with Crippen LogP contribution >= 0.6 is 0 Å². The summed E-state index contributed by atoms with van der Waals surface area (Å²) in [5, 5.41) is 0. The van der Waals surface area contributed by atoms with Crippen molar-refractivity contribution in [2.45, 2.75) is 26.2 Å². The first-order valence-electron chi connectivity index (χ1n) is 3.61. The van der Waals surface area contributed by atoms with E-state index in [1.807, 2.05) is 19.1 Å². The number of aldehydes is 1. The van der Waals surface area contributed by atoms with Crippen LogP contribution in [-0.2, 0) is 4.79 Å². The van der Waals surface area contributed by atoms with Gasteiger partial charge in [-0.2, -0.15) is 0 Å². The quantitative estimate of drug-likeness (QED) is 0.324. The predicted molar refractivity (Wildman–Crippen MR) is 43.9 cm³/mol. The highest BCUT2D eigenvalue weighted by atomic mass is 16.1. The van der Waals surface area contributed by atoms with E-state index < -0.39 is 0 Å². The number of carbonyl (C=O) groups is 1. The van der Waals surface area contributed by atoms with Crippen molar-refractivity contribution in [2.75, 3.05) is 0 Å². The maximum atomic E-state index is 9.85. The van der Waals surface area contributed by atoms with E-state index in [0.29, 0.717) is 6.42 Å². The Morgan fingerprint density at radius 2 is 1.90 bits per heavy atom. The van der Waals surface area contributed by atoms with Crippen molar-refractivity contribution in [1.29, 1.82) is 0 Å². The van der Waals surface area contributed by atoms with E-state index in [9.17, 15) is 4.79 Å². The molecule has 0 saturated carbocycles. The Labute approximate surface area is 62.4 Å². The van der Waals surface area contributed by atoms with Crippen LogP contribution in [0, 0.1) is 0 Å². The van der Waals surface area contributed by atoms with Crippen LogP contribution in [-0.4, -0.2) is 6.29 Å². The number of hydrogen-bond donors (Lipinski definition) is 0. The molecular formula is C9H14O. The molecule has 0 aliphatic heterocycles. The smallest absolute Gasteiger partial charge is 0.120 e. The summed E-state index contributed by atoms with van der Waals surface area (Å²) in [6.07, 6.45) is 11.7. The fourth-order valence-corrected chi connectivity index (χ4v) is 0.593. The standard InChI is InChI=1S/C9H14O/c1-2-3-4-5-6-7-8-9-10/h2-3,5-6,9H,4,7-8H2,1H3/b3-2+,6-5-. The molecule has 0 bridgehead atoms. The van der Waals surface area contributed by atoms with Crippen LogP contribution < -0.4 is 0 Å². The van der Waals surface area contributed by atoms with E-state index in [0.717, 1.165) is 19.1 Å². The zero-order chi connectivity index (χ0) is 7.66. The largest absolute Gasteiger partial charge is 0.303 e. The summed E-state index contributed by atoms with van der Waals surface area (Å²) in [5.41, 5.74) is 0. The first-order chi connectivity index (χ1) is 4.91. The van der Waals surface area contributed by atoms with E-state index >= 15 is 0 Å². The lowest BCUT2D eigenvalue weighted by Gasteiger charge is -1.81. The third kappa shape index (κ3) is 7.15. The molecule has 0 aliphatic rings. The first-order valence-corrected chi connectivity index (χ1v) is 3.61. The molecule has 1 heteroatoms. The fraction of sp³-hybridized carbons (Fsp3) is 0.444. The lowest BCUT2D eigenvalue weighted by atomic mass is 10.3. The Bertz CT molecular complexity index is 123. The molecule has 0 aromatic rings. The van der Waals surface area contributed by atoms with E-state index in [1.165, 1.54) is 0 Å². The molecule has 0 saturated heterocycles. The highest BCUT2D eigenvalue weighted by Crippen LogP contribution is 1.90. The molecule has 0 fully saturated rings. The number of unbranched alkanes of at least 4 members (excludes halogenated alkanes) is 1. The average molecular weight is 138 g/mol. The third-order valence-electron chi connectivity index (χ3n) is 1.13. The van der Waals surface area contributed by atoms with Crippen molar-refractivity contribution in [3.8, 4) is 0 Å². The van der Waals surface area contributed by atoms with Gasteiger partial charge >= 0.3 is 0 Å². The molecule has 0 aromatic heterocycles. The number of rotatable bonds is 5. The van der Waals surface area contributed by atoms with E-state index in [1.54, 1.807) is 0 Å². The maximum absolute atomic E-state index is 9.85. The summed E-state index contributed by atoms with van der Waals surface area (Å²) < 4.78 is 0. The van der Waals surface area contributed by atoms with Crippen LogP contribution in [0.1, 0.15) is 26.2 Å². The molecule has 0 spiro atoms. The zero-order valence-electron chi connectivity index (χ0n) is 6.42. The second-order valence-electron chi connectivity index (χ2n) is 2.02. The van der Waals surface area contributed by atoms with Crippen LogP contribution in [0.5, 0.6) is 0 Å². The summed E-state index contributed by atoms with van der Waals surface area (Å²) in [7, 11) is 0. The van der Waals surface area contributed by atoms with Crippen molar-refractivity contribution in [1.82, 2.24) is 0 Å². The van der Waals surface area contributed by atoms with Gasteiger partial charge in [0.15, 0.2) is 0 Å². The zero-order valence-corrected chi connectivity index (χ0v) is 6.42. The molecule has 10 heavy (non-hydrogen) atoms. The van der Waals surface area contributed by atoms with Crippen molar-refractivity contribution >= 4 is 6.29 Å². The summed E-state index contributed by atoms with van der Waals surface area (Å²) >= 11 is 0. The minimum Gasteiger partial charge on any atom is -0.303 e. The second kappa shape index (κ2) is 8.15. The molecule has 0 atom stereocenters. The summed E-state index contributed by atoms with van der Waals surface area (Å²) in [6.45, 7) is 2.00. The molecule has 0 unspecified atom stereocenters. The minimum atomic E-state index is 0.645. The van der Waals surface area contributed by atoms with Gasteiger partial charge in [-0.1, -0.05) is 24.3 Å². The maximum Gasteiger partial charge on any atom is 0.120 e. The van der Waals surface area contributed by atoms with Crippen LogP contribution in [0.3, 0.4) is 0 Å². The number of hydrogen-bond acceptors (Lipinski definition) is 1. The molecule has 0 N–H and O–H groups in total. The van der Waals surface area contributed by atoms with Gasteiger partial charge in [0.2, 0.25) is 0 Å². The molecule has 56 valence electrons. The van der Waals surface area contributed by atoms with Crippen LogP contribution in [0.15, 0.2) is 24.3 Å². The summed E-state index contributed by atoms with van der Waals surface area (Å²) in [5.74, 6) is 0. The molecule has 0 aromatic carbocycles. The molecule has 0 radical (unpaired) electrons. The van der Waals surface area contributed by atoms with Crippen LogP contribution in [0.2, 0.25) is 0 Å². The van der Waals surface area contributed by atoms with Gasteiger partial charge in [-0.05, 0) is 19.8 Å². The average Bonchev–Trinajstić information content (AvgIpc) is 1.97. The molecule has 0 aliphatic carbocycles. The Hall–Kier alpha value is -0.850. The van der Waals surface area contributed by atoms with Gasteiger partial charge in [-0.3, -0.25) is 0 Å². The molecule has 0 amide bonds. The number of carbonyl (C=O) groups excluding carboxylic acids is 1. The Morgan fingerprint density at radius 1 is 1.10 bits per heavy atom. The first kappa shape index (κ1) is 9.15. The highest BCUT2D eigenvalue weighted by Gasteiger charge is 1.75. The monoisotopic (exact) mass is 138 g/mol. The molecule has 1 nitrogen and oxygen atoms in total. The summed E-state index contributed by atoms with van der Waals surface area (Å²) in [4.78, 5) is 9.85. The van der Waals surface area contributed by atoms with Crippen molar-refractivity contribution in [2.24, 2.45) is 0 Å². The van der Waals surface area contributed by atoms with Gasteiger partial charge in [-0.15, -0.1) is 0 Å². The van der Waals surface area contributed by atoms with E-state index in [4.69, 9.17) is 0 Å². The van der Waals surface area contributed by atoms with Crippen molar-refractivity contribution < 1.29 is 4.79 Å². The lowest BCUT2D eigenvalue weighted by molar-refractivity contribution is -0.107. The normalized spacial score (nSPS) is 11.3. The van der Waals surface area contributed by atoms with Gasteiger partial charge in [0.1, 0.15) is 6.29 Å². The lowest BCUT2D eigenvalue weighted by Crippen LogP contribution is -1.69. The Morgan fingerprint density at radius 3 is 2.50 bits per heavy atom. The number of allylic oxidation sites excluding steroid dienone is 4. The third-order valence-corrected chi connectivity index (χ3v) is 1.13. The van der Waals surface area contributed by atoms with Gasteiger partial charge in [0.25, 0.3) is 0 Å². The SMILES string of the molecule is C/C=C/C/C=C\CCC=O. The van der Waals surface area contributed by atoms with Crippen LogP contribution in [0.4, 0.5) is 0 Å². The molecule has 0 heterocycles. The van der Waals surface area contributed by atoms with Gasteiger partial charge in [0.05, 0.1) is 0 Å². The molecular weight excluding hydrogens is 124 g/mol. The minimum absolute atomic E-state index is 0.645. The van der Waals surface area contributed by atoms with Gasteiger partial charge in [0, 0.05) is 6.42 Å². The van der Waals surface area contributed by atoms with Gasteiger partial charge < -0.3 is 4.79 Å². The topological polar surface area (TPSA) is 17.1 Å². The summed E-state index contributed by atoms with van der Waals surface area (Å²) in [6, 6.07) is 0. The van der Waals surface area contributed by atoms with Gasteiger partial charge in [-0.25, -0.2) is 0 Å². The fourth-order valence-electron chi connectivity index (χ4n) is 0.593. The highest BCUT2D eigenvalue weighted by molar-refractivity contribution is 5.49. The van der Waals surface area contributed by atoms with Crippen LogP contribution in [0.25, 0.3) is 0 Å². The second-order valence-corrected chi connectivity index (χ2v) is 2.02.